The predicted octanol–water partition coefficient (Wildman–Crippen LogP) is 1.93. The molecule has 5 heteroatoms. The van der Waals surface area contributed by atoms with Gasteiger partial charge in [-0.1, -0.05) is 30.3 Å². The molecule has 0 amide bonds. The standard InChI is InChI=1S/C17H12N2O3/c20-16-13-4-2-1-3-10(13)7-12-9-19-6-5-11(17(21)22)8-14(19)18-15(12)16/h1-5,8-9H,6-7H2,(H,21,22). The number of nitrogens with zero attached hydrogens (tertiary/aromatic N) is 2. The number of rotatable bonds is 1. The fourth-order valence-electron chi connectivity index (χ4n) is 2.93. The number of fused-ring (bicyclic) bond motifs is 3. The lowest BCUT2D eigenvalue weighted by Gasteiger charge is -2.31. The molecular formula is C17H12N2O3. The SMILES string of the molecule is O=C(O)C1=CCN2C=C3Cc4ccccc4C(=O)C3=NC2=C1. The second-order valence-electron chi connectivity index (χ2n) is 5.40. The first-order valence-corrected chi connectivity index (χ1v) is 6.97. The van der Waals surface area contributed by atoms with Crippen molar-refractivity contribution in [1.82, 2.24) is 4.90 Å². The Balaban J connectivity index is 1.80. The maximum Gasteiger partial charge on any atom is 0.335 e. The minimum Gasteiger partial charge on any atom is -0.478 e. The molecule has 5 nitrogen and oxygen atoms in total. The van der Waals surface area contributed by atoms with Gasteiger partial charge in [-0.05, 0) is 11.6 Å². The molecule has 1 N–H and O–H groups in total. The first kappa shape index (κ1) is 12.8. The van der Waals surface area contributed by atoms with Crippen molar-refractivity contribution in [1.29, 1.82) is 0 Å². The predicted molar refractivity (Wildman–Crippen MR) is 80.5 cm³/mol. The number of carbonyl (C=O) groups is 2. The van der Waals surface area contributed by atoms with Crippen LogP contribution in [0.15, 0.2) is 64.6 Å². The van der Waals surface area contributed by atoms with Crippen molar-refractivity contribution in [3.05, 3.63) is 70.7 Å². The van der Waals surface area contributed by atoms with Gasteiger partial charge in [0.2, 0.25) is 5.78 Å². The maximum absolute atomic E-state index is 12.6. The summed E-state index contributed by atoms with van der Waals surface area (Å²) in [5.74, 6) is -0.575. The van der Waals surface area contributed by atoms with Gasteiger partial charge < -0.3 is 10.0 Å². The lowest BCUT2D eigenvalue weighted by Crippen LogP contribution is -2.33. The number of aliphatic carboxylic acids is 1. The molecular weight excluding hydrogens is 280 g/mol. The molecule has 0 atom stereocenters. The van der Waals surface area contributed by atoms with Gasteiger partial charge in [-0.2, -0.15) is 0 Å². The number of allylic oxidation sites excluding steroid dienone is 1. The summed E-state index contributed by atoms with van der Waals surface area (Å²) in [4.78, 5) is 30.0. The van der Waals surface area contributed by atoms with E-state index in [4.69, 9.17) is 5.11 Å². The third-order valence-electron chi connectivity index (χ3n) is 4.03. The number of aliphatic imine (C=N–C) groups is 1. The van der Waals surface area contributed by atoms with Crippen LogP contribution in [0.5, 0.6) is 0 Å². The van der Waals surface area contributed by atoms with E-state index in [-0.39, 0.29) is 11.4 Å². The fraction of sp³-hybridized carbons (Fsp3) is 0.118. The van der Waals surface area contributed by atoms with Gasteiger partial charge in [0.05, 0.1) is 5.57 Å². The molecule has 0 unspecified atom stereocenters. The van der Waals surface area contributed by atoms with Gasteiger partial charge >= 0.3 is 5.97 Å². The smallest absolute Gasteiger partial charge is 0.335 e. The molecule has 0 fully saturated rings. The Morgan fingerprint density at radius 1 is 1.27 bits per heavy atom. The number of hydrogen-bond donors (Lipinski definition) is 1. The molecule has 1 aliphatic carbocycles. The average molecular weight is 292 g/mol. The topological polar surface area (TPSA) is 70.0 Å². The summed E-state index contributed by atoms with van der Waals surface area (Å²) < 4.78 is 0. The van der Waals surface area contributed by atoms with E-state index in [1.54, 1.807) is 12.1 Å². The van der Waals surface area contributed by atoms with Crippen molar-refractivity contribution in [2.45, 2.75) is 6.42 Å². The summed E-state index contributed by atoms with van der Waals surface area (Å²) in [5.41, 5.74) is 3.19. The average Bonchev–Trinajstić information content (AvgIpc) is 2.53. The van der Waals surface area contributed by atoms with Crippen LogP contribution in [0.2, 0.25) is 0 Å². The zero-order valence-electron chi connectivity index (χ0n) is 11.6. The molecule has 2 heterocycles. The van der Waals surface area contributed by atoms with Crippen molar-refractivity contribution in [3.63, 3.8) is 0 Å². The second kappa shape index (κ2) is 4.53. The van der Waals surface area contributed by atoms with E-state index in [1.807, 2.05) is 29.3 Å². The monoisotopic (exact) mass is 292 g/mol. The van der Waals surface area contributed by atoms with E-state index in [0.29, 0.717) is 30.1 Å². The number of carboxylic acids is 1. The Morgan fingerprint density at radius 3 is 2.91 bits per heavy atom. The first-order valence-electron chi connectivity index (χ1n) is 6.97. The lowest BCUT2D eigenvalue weighted by molar-refractivity contribution is -0.132. The van der Waals surface area contributed by atoms with Gasteiger partial charge in [0, 0.05) is 30.3 Å². The molecule has 0 bridgehead atoms. The van der Waals surface area contributed by atoms with Gasteiger partial charge in [-0.15, -0.1) is 0 Å². The lowest BCUT2D eigenvalue weighted by atomic mass is 9.85. The number of Topliss-reactive ketones (excluding diaryl/α,β-unsaturated/α-hetero) is 1. The zero-order valence-corrected chi connectivity index (χ0v) is 11.6. The third-order valence-corrected chi connectivity index (χ3v) is 4.03. The van der Waals surface area contributed by atoms with Crippen LogP contribution in [0.25, 0.3) is 0 Å². The summed E-state index contributed by atoms with van der Waals surface area (Å²) >= 11 is 0. The van der Waals surface area contributed by atoms with E-state index in [1.165, 1.54) is 6.08 Å². The van der Waals surface area contributed by atoms with Gasteiger partial charge in [-0.3, -0.25) is 4.79 Å². The summed E-state index contributed by atoms with van der Waals surface area (Å²) in [6.45, 7) is 0.448. The normalized spacial score (nSPS) is 19.1. The highest BCUT2D eigenvalue weighted by Crippen LogP contribution is 2.30. The molecule has 1 aromatic carbocycles. The molecule has 3 aliphatic rings. The summed E-state index contributed by atoms with van der Waals surface area (Å²) in [6.07, 6.45) is 5.71. The fourth-order valence-corrected chi connectivity index (χ4v) is 2.93. The van der Waals surface area contributed by atoms with E-state index < -0.39 is 5.97 Å². The Bertz CT molecular complexity index is 843. The molecule has 22 heavy (non-hydrogen) atoms. The minimum absolute atomic E-state index is 0.0971. The van der Waals surface area contributed by atoms with E-state index >= 15 is 0 Å². The van der Waals surface area contributed by atoms with Crippen LogP contribution < -0.4 is 0 Å². The number of benzene rings is 1. The molecule has 0 saturated carbocycles. The van der Waals surface area contributed by atoms with E-state index in [0.717, 1.165) is 11.1 Å². The van der Waals surface area contributed by atoms with Crippen LogP contribution in [0.1, 0.15) is 15.9 Å². The van der Waals surface area contributed by atoms with Crippen molar-refractivity contribution in [3.8, 4) is 0 Å². The Hall–Kier alpha value is -2.95. The zero-order chi connectivity index (χ0) is 15.3. The van der Waals surface area contributed by atoms with Crippen molar-refractivity contribution >= 4 is 17.5 Å². The molecule has 4 rings (SSSR count). The third kappa shape index (κ3) is 1.83. The van der Waals surface area contributed by atoms with Gasteiger partial charge in [0.1, 0.15) is 11.5 Å². The van der Waals surface area contributed by atoms with Crippen LogP contribution in [-0.4, -0.2) is 34.0 Å². The summed E-state index contributed by atoms with van der Waals surface area (Å²) in [5, 5.41) is 9.08. The number of carboxylic acid groups (broad SMARTS) is 1. The minimum atomic E-state index is -0.984. The largest absolute Gasteiger partial charge is 0.478 e. The van der Waals surface area contributed by atoms with E-state index in [2.05, 4.69) is 4.99 Å². The van der Waals surface area contributed by atoms with Crippen LogP contribution >= 0.6 is 0 Å². The summed E-state index contributed by atoms with van der Waals surface area (Å²) in [6, 6.07) is 7.52. The molecule has 108 valence electrons. The highest BCUT2D eigenvalue weighted by Gasteiger charge is 2.31. The maximum atomic E-state index is 12.6. The highest BCUT2D eigenvalue weighted by molar-refractivity contribution is 6.53. The van der Waals surface area contributed by atoms with Crippen LogP contribution in [0, 0.1) is 0 Å². The summed E-state index contributed by atoms with van der Waals surface area (Å²) in [7, 11) is 0. The van der Waals surface area contributed by atoms with Gasteiger partial charge in [-0.25, -0.2) is 9.79 Å². The second-order valence-corrected chi connectivity index (χ2v) is 5.40. The van der Waals surface area contributed by atoms with Gasteiger partial charge in [0.25, 0.3) is 0 Å². The van der Waals surface area contributed by atoms with Crippen LogP contribution in [-0.2, 0) is 11.2 Å². The van der Waals surface area contributed by atoms with Gasteiger partial charge in [0.15, 0.2) is 0 Å². The quantitative estimate of drug-likeness (QED) is 0.858. The Morgan fingerprint density at radius 2 is 2.09 bits per heavy atom. The van der Waals surface area contributed by atoms with E-state index in [9.17, 15) is 9.59 Å². The highest BCUT2D eigenvalue weighted by atomic mass is 16.4. The molecule has 0 spiro atoms. The molecule has 1 aromatic rings. The molecule has 0 aromatic heterocycles. The number of carbonyl (C=O) groups excluding carboxylic acids is 1. The number of ketones is 1. The van der Waals surface area contributed by atoms with Crippen LogP contribution in [0.3, 0.4) is 0 Å². The molecule has 0 radical (unpaired) electrons. The van der Waals surface area contributed by atoms with Crippen molar-refractivity contribution in [2.24, 2.45) is 4.99 Å². The van der Waals surface area contributed by atoms with Crippen LogP contribution in [0.4, 0.5) is 0 Å². The van der Waals surface area contributed by atoms with Crippen molar-refractivity contribution < 1.29 is 14.7 Å². The Kier molecular flexibility index (Phi) is 2.63. The molecule has 2 aliphatic heterocycles. The Labute approximate surface area is 126 Å². The van der Waals surface area contributed by atoms with Crippen molar-refractivity contribution in [2.75, 3.05) is 6.54 Å². The number of hydrogen-bond acceptors (Lipinski definition) is 4. The molecule has 0 saturated heterocycles. The first-order chi connectivity index (χ1) is 10.6.